The smallest absolute Gasteiger partial charge is 0.329 e. The lowest BCUT2D eigenvalue weighted by Gasteiger charge is -2.23. The minimum atomic E-state index is -0.764. The molecule has 0 saturated carbocycles. The molecular weight excluding hydrogens is 503 g/mol. The SMILES string of the molecule is COC[C@@H]1C[C@@H](C(=O)OCc2ccccc2)N(C(=O)CNC(=O)c2cccc(Oc3ccc(C)cc3F)c2)C1. The molecule has 2 atom stereocenters. The molecule has 0 radical (unpaired) electrons. The summed E-state index contributed by atoms with van der Waals surface area (Å²) in [6, 6.07) is 19.4. The van der Waals surface area contributed by atoms with Crippen LogP contribution in [0.2, 0.25) is 0 Å². The van der Waals surface area contributed by atoms with Crippen molar-refractivity contribution in [3.05, 3.63) is 95.3 Å². The van der Waals surface area contributed by atoms with E-state index in [1.165, 1.54) is 23.1 Å². The van der Waals surface area contributed by atoms with Gasteiger partial charge in [0.25, 0.3) is 5.91 Å². The fraction of sp³-hybridized carbons (Fsp3) is 0.300. The van der Waals surface area contributed by atoms with Gasteiger partial charge in [0.1, 0.15) is 18.4 Å². The number of likely N-dealkylation sites (tertiary alicyclic amines) is 1. The van der Waals surface area contributed by atoms with Crippen LogP contribution in [0.5, 0.6) is 11.5 Å². The van der Waals surface area contributed by atoms with Gasteiger partial charge in [0.2, 0.25) is 5.91 Å². The zero-order chi connectivity index (χ0) is 27.8. The maximum atomic E-state index is 14.2. The number of rotatable bonds is 10. The number of carbonyl (C=O) groups is 3. The van der Waals surface area contributed by atoms with E-state index < -0.39 is 29.6 Å². The number of methoxy groups -OCH3 is 1. The Balaban J connectivity index is 1.36. The van der Waals surface area contributed by atoms with E-state index in [2.05, 4.69) is 5.32 Å². The third-order valence-electron chi connectivity index (χ3n) is 6.42. The maximum Gasteiger partial charge on any atom is 0.329 e. The number of aryl methyl sites for hydroxylation is 1. The van der Waals surface area contributed by atoms with Crippen LogP contribution in [0.1, 0.15) is 27.9 Å². The number of amides is 2. The Kier molecular flexibility index (Phi) is 9.27. The topological polar surface area (TPSA) is 94.2 Å². The van der Waals surface area contributed by atoms with Crippen LogP contribution in [0, 0.1) is 18.7 Å². The number of halogens is 1. The second kappa shape index (κ2) is 13.0. The number of benzene rings is 3. The highest BCUT2D eigenvalue weighted by Gasteiger charge is 2.40. The Morgan fingerprint density at radius 3 is 2.56 bits per heavy atom. The highest BCUT2D eigenvalue weighted by molar-refractivity contribution is 5.97. The predicted octanol–water partition coefficient (Wildman–Crippen LogP) is 4.26. The van der Waals surface area contributed by atoms with Crippen molar-refractivity contribution in [2.75, 3.05) is 26.8 Å². The Labute approximate surface area is 226 Å². The van der Waals surface area contributed by atoms with Crippen molar-refractivity contribution in [1.29, 1.82) is 0 Å². The van der Waals surface area contributed by atoms with Gasteiger partial charge in [-0.15, -0.1) is 0 Å². The Morgan fingerprint density at radius 1 is 1.03 bits per heavy atom. The lowest BCUT2D eigenvalue weighted by molar-refractivity contribution is -0.154. The van der Waals surface area contributed by atoms with E-state index in [1.807, 2.05) is 30.3 Å². The first-order chi connectivity index (χ1) is 18.8. The lowest BCUT2D eigenvalue weighted by Crippen LogP contribution is -2.46. The summed E-state index contributed by atoms with van der Waals surface area (Å²) in [7, 11) is 1.57. The van der Waals surface area contributed by atoms with Crippen LogP contribution < -0.4 is 10.1 Å². The van der Waals surface area contributed by atoms with Gasteiger partial charge in [0, 0.05) is 25.1 Å². The van der Waals surface area contributed by atoms with Gasteiger partial charge < -0.3 is 24.4 Å². The quantitative estimate of drug-likeness (QED) is 0.391. The van der Waals surface area contributed by atoms with Crippen molar-refractivity contribution in [3.8, 4) is 11.5 Å². The molecule has 0 aromatic heterocycles. The zero-order valence-corrected chi connectivity index (χ0v) is 21.9. The standard InChI is InChI=1S/C30H31FN2O6/c1-20-11-12-27(25(31)13-20)39-24-10-6-9-23(15-24)29(35)32-16-28(34)33-17-22(18-37-2)14-26(33)30(36)38-19-21-7-4-3-5-8-21/h3-13,15,22,26H,14,16-19H2,1-2H3,(H,32,35)/t22-,26+/m1/s1. The molecule has 1 fully saturated rings. The van der Waals surface area contributed by atoms with E-state index in [9.17, 15) is 18.8 Å². The summed E-state index contributed by atoms with van der Waals surface area (Å²) in [5.74, 6) is -1.63. The van der Waals surface area contributed by atoms with Gasteiger partial charge in [-0.2, -0.15) is 0 Å². The molecule has 39 heavy (non-hydrogen) atoms. The molecule has 4 rings (SSSR count). The third kappa shape index (κ3) is 7.42. The Hall–Kier alpha value is -4.24. The molecule has 1 aliphatic heterocycles. The number of carbonyl (C=O) groups excluding carboxylic acids is 3. The van der Waals surface area contributed by atoms with Gasteiger partial charge in [0.15, 0.2) is 11.6 Å². The average Bonchev–Trinajstić information content (AvgIpc) is 3.37. The van der Waals surface area contributed by atoms with Gasteiger partial charge >= 0.3 is 5.97 Å². The first kappa shape index (κ1) is 27.8. The molecule has 2 amide bonds. The van der Waals surface area contributed by atoms with E-state index in [1.54, 1.807) is 38.3 Å². The number of hydrogen-bond donors (Lipinski definition) is 1. The third-order valence-corrected chi connectivity index (χ3v) is 6.42. The molecule has 3 aromatic rings. The number of hydrogen-bond acceptors (Lipinski definition) is 6. The Morgan fingerprint density at radius 2 is 1.82 bits per heavy atom. The molecule has 0 bridgehead atoms. The summed E-state index contributed by atoms with van der Waals surface area (Å²) in [4.78, 5) is 40.2. The molecule has 1 aliphatic rings. The van der Waals surface area contributed by atoms with Gasteiger partial charge in [-0.05, 0) is 54.8 Å². The Bertz CT molecular complexity index is 1320. The molecule has 204 valence electrons. The maximum absolute atomic E-state index is 14.2. The van der Waals surface area contributed by atoms with Gasteiger partial charge in [-0.1, -0.05) is 42.5 Å². The summed E-state index contributed by atoms with van der Waals surface area (Å²) in [6.07, 6.45) is 0.413. The van der Waals surface area contributed by atoms with Crippen molar-refractivity contribution in [2.45, 2.75) is 26.0 Å². The van der Waals surface area contributed by atoms with Crippen LogP contribution in [0.15, 0.2) is 72.8 Å². The normalized spacial score (nSPS) is 16.5. The molecule has 1 N–H and O–H groups in total. The lowest BCUT2D eigenvalue weighted by atomic mass is 10.1. The first-order valence-corrected chi connectivity index (χ1v) is 12.6. The number of ether oxygens (including phenoxy) is 3. The molecular formula is C30H31FN2O6. The summed E-state index contributed by atoms with van der Waals surface area (Å²) >= 11 is 0. The minimum absolute atomic E-state index is 0.0278. The molecule has 0 aliphatic carbocycles. The molecule has 1 saturated heterocycles. The van der Waals surface area contributed by atoms with Crippen LogP contribution in [0.25, 0.3) is 0 Å². The molecule has 8 nitrogen and oxygen atoms in total. The average molecular weight is 535 g/mol. The number of esters is 1. The van der Waals surface area contributed by atoms with Gasteiger partial charge in [-0.3, -0.25) is 9.59 Å². The van der Waals surface area contributed by atoms with Crippen molar-refractivity contribution in [3.63, 3.8) is 0 Å². The van der Waals surface area contributed by atoms with E-state index in [0.717, 1.165) is 11.1 Å². The zero-order valence-electron chi connectivity index (χ0n) is 21.9. The molecule has 3 aromatic carbocycles. The largest absolute Gasteiger partial charge is 0.459 e. The molecule has 9 heteroatoms. The van der Waals surface area contributed by atoms with Gasteiger partial charge in [-0.25, -0.2) is 9.18 Å². The summed E-state index contributed by atoms with van der Waals surface area (Å²) in [5, 5.41) is 2.61. The highest BCUT2D eigenvalue weighted by Crippen LogP contribution is 2.27. The van der Waals surface area contributed by atoms with Crippen molar-refractivity contribution < 1.29 is 33.0 Å². The van der Waals surface area contributed by atoms with Crippen LogP contribution in [-0.4, -0.2) is 55.5 Å². The molecule has 0 unspecified atom stereocenters. The van der Waals surface area contributed by atoms with Crippen molar-refractivity contribution in [1.82, 2.24) is 10.2 Å². The monoisotopic (exact) mass is 534 g/mol. The van der Waals surface area contributed by atoms with Crippen LogP contribution >= 0.6 is 0 Å². The molecule has 0 spiro atoms. The molecule has 1 heterocycles. The fourth-order valence-corrected chi connectivity index (χ4v) is 4.48. The second-order valence-corrected chi connectivity index (χ2v) is 9.46. The number of nitrogens with one attached hydrogen (secondary N) is 1. The van der Waals surface area contributed by atoms with Crippen molar-refractivity contribution >= 4 is 17.8 Å². The van der Waals surface area contributed by atoms with E-state index >= 15 is 0 Å². The summed E-state index contributed by atoms with van der Waals surface area (Å²) in [5.41, 5.74) is 1.85. The van der Waals surface area contributed by atoms with Crippen LogP contribution in [0.3, 0.4) is 0 Å². The minimum Gasteiger partial charge on any atom is -0.459 e. The highest BCUT2D eigenvalue weighted by atomic mass is 19.1. The number of nitrogens with zero attached hydrogens (tertiary/aromatic N) is 1. The van der Waals surface area contributed by atoms with Crippen LogP contribution in [0.4, 0.5) is 4.39 Å². The summed E-state index contributed by atoms with van der Waals surface area (Å²) < 4.78 is 30.5. The predicted molar refractivity (Wildman–Crippen MR) is 142 cm³/mol. The van der Waals surface area contributed by atoms with E-state index in [-0.39, 0.29) is 36.1 Å². The fourth-order valence-electron chi connectivity index (χ4n) is 4.48. The van der Waals surface area contributed by atoms with Gasteiger partial charge in [0.05, 0.1) is 13.2 Å². The first-order valence-electron chi connectivity index (χ1n) is 12.6. The van der Waals surface area contributed by atoms with E-state index in [0.29, 0.717) is 19.6 Å². The van der Waals surface area contributed by atoms with Crippen LogP contribution in [-0.2, 0) is 25.7 Å². The van der Waals surface area contributed by atoms with Crippen molar-refractivity contribution in [2.24, 2.45) is 5.92 Å². The second-order valence-electron chi connectivity index (χ2n) is 9.46. The summed E-state index contributed by atoms with van der Waals surface area (Å²) in [6.45, 7) is 2.29. The van der Waals surface area contributed by atoms with E-state index in [4.69, 9.17) is 14.2 Å².